The second-order valence-electron chi connectivity index (χ2n) is 5.13. The summed E-state index contributed by atoms with van der Waals surface area (Å²) < 4.78 is 0. The largest absolute Gasteiger partial charge is 0.312 e. The summed E-state index contributed by atoms with van der Waals surface area (Å²) >= 11 is 0. The van der Waals surface area contributed by atoms with Crippen molar-refractivity contribution in [3.63, 3.8) is 0 Å². The summed E-state index contributed by atoms with van der Waals surface area (Å²) in [5, 5.41) is 3.76. The fraction of sp³-hybridized carbons (Fsp3) is 1.00. The van der Waals surface area contributed by atoms with Crippen molar-refractivity contribution in [2.24, 2.45) is 0 Å². The van der Waals surface area contributed by atoms with Gasteiger partial charge in [0.25, 0.3) is 0 Å². The van der Waals surface area contributed by atoms with Crippen LogP contribution >= 0.6 is 0 Å². The molecule has 0 rings (SSSR count). The van der Waals surface area contributed by atoms with E-state index in [-0.39, 0.29) is 0 Å². The summed E-state index contributed by atoms with van der Waals surface area (Å²) in [4.78, 5) is 2.51. The fourth-order valence-corrected chi connectivity index (χ4v) is 2.40. The van der Waals surface area contributed by atoms with Gasteiger partial charge in [-0.3, -0.25) is 0 Å². The third-order valence-electron chi connectivity index (χ3n) is 3.66. The third-order valence-corrected chi connectivity index (χ3v) is 3.66. The van der Waals surface area contributed by atoms with Crippen molar-refractivity contribution in [3.8, 4) is 0 Å². The third kappa shape index (κ3) is 8.62. The Morgan fingerprint density at radius 1 is 1.00 bits per heavy atom. The molecule has 0 heterocycles. The van der Waals surface area contributed by atoms with Crippen molar-refractivity contribution in [1.82, 2.24) is 10.2 Å². The van der Waals surface area contributed by atoms with Crippen LogP contribution in [0.1, 0.15) is 66.7 Å². The summed E-state index contributed by atoms with van der Waals surface area (Å²) in [5.74, 6) is 0. The maximum absolute atomic E-state index is 3.76. The second-order valence-corrected chi connectivity index (χ2v) is 5.13. The SMILES string of the molecule is CCCC(CC)NC(C)CCCN(CC)CC. The molecule has 0 bridgehead atoms. The van der Waals surface area contributed by atoms with E-state index in [1.807, 2.05) is 0 Å². The van der Waals surface area contributed by atoms with E-state index in [1.165, 1.54) is 51.7 Å². The van der Waals surface area contributed by atoms with E-state index < -0.39 is 0 Å². The van der Waals surface area contributed by atoms with Crippen LogP contribution in [0.5, 0.6) is 0 Å². The Labute approximate surface area is 109 Å². The predicted octanol–water partition coefficient (Wildman–Crippen LogP) is 3.67. The lowest BCUT2D eigenvalue weighted by Crippen LogP contribution is -2.36. The van der Waals surface area contributed by atoms with Gasteiger partial charge in [0.1, 0.15) is 0 Å². The van der Waals surface area contributed by atoms with Gasteiger partial charge >= 0.3 is 0 Å². The minimum atomic E-state index is 0.669. The first-order valence-corrected chi connectivity index (χ1v) is 7.66. The summed E-state index contributed by atoms with van der Waals surface area (Å²) in [7, 11) is 0. The van der Waals surface area contributed by atoms with E-state index in [0.29, 0.717) is 6.04 Å². The molecule has 2 atom stereocenters. The zero-order valence-electron chi connectivity index (χ0n) is 12.8. The highest BCUT2D eigenvalue weighted by atomic mass is 15.1. The molecule has 2 nitrogen and oxygen atoms in total. The minimum Gasteiger partial charge on any atom is -0.312 e. The molecule has 0 aromatic carbocycles. The lowest BCUT2D eigenvalue weighted by Gasteiger charge is -2.23. The van der Waals surface area contributed by atoms with E-state index in [0.717, 1.165) is 6.04 Å². The van der Waals surface area contributed by atoms with E-state index in [2.05, 4.69) is 44.8 Å². The van der Waals surface area contributed by atoms with Crippen molar-refractivity contribution in [3.05, 3.63) is 0 Å². The molecule has 17 heavy (non-hydrogen) atoms. The Balaban J connectivity index is 3.66. The lowest BCUT2D eigenvalue weighted by molar-refractivity contribution is 0.286. The Hall–Kier alpha value is -0.0800. The zero-order chi connectivity index (χ0) is 13.1. The van der Waals surface area contributed by atoms with E-state index in [1.54, 1.807) is 0 Å². The number of nitrogens with zero attached hydrogens (tertiary/aromatic N) is 1. The zero-order valence-corrected chi connectivity index (χ0v) is 12.8. The second kappa shape index (κ2) is 11.0. The Bertz CT molecular complexity index is 155. The Morgan fingerprint density at radius 2 is 1.65 bits per heavy atom. The van der Waals surface area contributed by atoms with Gasteiger partial charge in [0.05, 0.1) is 0 Å². The lowest BCUT2D eigenvalue weighted by atomic mass is 10.1. The van der Waals surface area contributed by atoms with Crippen LogP contribution in [0.15, 0.2) is 0 Å². The highest BCUT2D eigenvalue weighted by Crippen LogP contribution is 2.06. The van der Waals surface area contributed by atoms with Gasteiger partial charge in [0.2, 0.25) is 0 Å². The summed E-state index contributed by atoms with van der Waals surface area (Å²) in [5.41, 5.74) is 0. The van der Waals surface area contributed by atoms with Gasteiger partial charge in [-0.05, 0) is 52.2 Å². The van der Waals surface area contributed by atoms with E-state index >= 15 is 0 Å². The number of nitrogens with one attached hydrogen (secondary N) is 1. The predicted molar refractivity (Wildman–Crippen MR) is 78.6 cm³/mol. The van der Waals surface area contributed by atoms with Crippen molar-refractivity contribution >= 4 is 0 Å². The van der Waals surface area contributed by atoms with Crippen LogP contribution < -0.4 is 5.32 Å². The Kier molecular flexibility index (Phi) is 11.0. The molecule has 0 spiro atoms. The molecule has 1 N–H and O–H groups in total. The maximum Gasteiger partial charge on any atom is 0.00668 e. The van der Waals surface area contributed by atoms with Crippen LogP contribution in [-0.2, 0) is 0 Å². The first-order valence-electron chi connectivity index (χ1n) is 7.66. The van der Waals surface area contributed by atoms with Crippen molar-refractivity contribution in [2.75, 3.05) is 19.6 Å². The van der Waals surface area contributed by atoms with Gasteiger partial charge in [0.15, 0.2) is 0 Å². The molecule has 2 heteroatoms. The van der Waals surface area contributed by atoms with Gasteiger partial charge in [-0.15, -0.1) is 0 Å². The molecule has 0 saturated heterocycles. The fourth-order valence-electron chi connectivity index (χ4n) is 2.40. The van der Waals surface area contributed by atoms with Crippen molar-refractivity contribution in [1.29, 1.82) is 0 Å². The average molecular weight is 242 g/mol. The monoisotopic (exact) mass is 242 g/mol. The van der Waals surface area contributed by atoms with Gasteiger partial charge in [-0.25, -0.2) is 0 Å². The smallest absolute Gasteiger partial charge is 0.00668 e. The molecule has 0 aromatic rings. The van der Waals surface area contributed by atoms with Crippen molar-refractivity contribution in [2.45, 2.75) is 78.8 Å². The minimum absolute atomic E-state index is 0.669. The van der Waals surface area contributed by atoms with Crippen LogP contribution in [0, 0.1) is 0 Å². The normalized spacial score (nSPS) is 15.2. The maximum atomic E-state index is 3.76. The van der Waals surface area contributed by atoms with Gasteiger partial charge in [0, 0.05) is 12.1 Å². The summed E-state index contributed by atoms with van der Waals surface area (Å²) in [6.07, 6.45) is 6.48. The highest BCUT2D eigenvalue weighted by Gasteiger charge is 2.09. The molecular weight excluding hydrogens is 208 g/mol. The molecule has 0 fully saturated rings. The molecule has 0 radical (unpaired) electrons. The number of rotatable bonds is 11. The summed E-state index contributed by atoms with van der Waals surface area (Å²) in [6.45, 7) is 15.0. The molecule has 0 saturated carbocycles. The topological polar surface area (TPSA) is 15.3 Å². The molecule has 0 aliphatic rings. The molecule has 0 aromatic heterocycles. The standard InChI is InChI=1S/C15H34N2/c1-6-11-15(7-2)16-14(5)12-10-13-17(8-3)9-4/h14-16H,6-13H2,1-5H3. The highest BCUT2D eigenvalue weighted by molar-refractivity contribution is 4.70. The van der Waals surface area contributed by atoms with Crippen LogP contribution in [0.4, 0.5) is 0 Å². The van der Waals surface area contributed by atoms with Gasteiger partial charge in [-0.1, -0.05) is 34.1 Å². The first-order chi connectivity index (χ1) is 8.17. The molecule has 0 amide bonds. The summed E-state index contributed by atoms with van der Waals surface area (Å²) in [6, 6.07) is 1.39. The van der Waals surface area contributed by atoms with Crippen LogP contribution in [0.3, 0.4) is 0 Å². The molecular formula is C15H34N2. The number of hydrogen-bond donors (Lipinski definition) is 1. The quantitative estimate of drug-likeness (QED) is 0.595. The van der Waals surface area contributed by atoms with Gasteiger partial charge < -0.3 is 10.2 Å². The Morgan fingerprint density at radius 3 is 2.12 bits per heavy atom. The van der Waals surface area contributed by atoms with Crippen LogP contribution in [-0.4, -0.2) is 36.6 Å². The van der Waals surface area contributed by atoms with E-state index in [9.17, 15) is 0 Å². The first kappa shape index (κ1) is 16.9. The average Bonchev–Trinajstić information content (AvgIpc) is 2.34. The molecule has 0 aliphatic carbocycles. The molecule has 2 unspecified atom stereocenters. The van der Waals surface area contributed by atoms with Gasteiger partial charge in [-0.2, -0.15) is 0 Å². The van der Waals surface area contributed by atoms with Crippen LogP contribution in [0.25, 0.3) is 0 Å². The molecule has 0 aliphatic heterocycles. The van der Waals surface area contributed by atoms with Crippen LogP contribution in [0.2, 0.25) is 0 Å². The van der Waals surface area contributed by atoms with E-state index in [4.69, 9.17) is 0 Å². The molecule has 104 valence electrons. The number of hydrogen-bond acceptors (Lipinski definition) is 2. The van der Waals surface area contributed by atoms with Crippen molar-refractivity contribution < 1.29 is 0 Å².